The maximum Gasteiger partial charge on any atom is 0.306 e. The smallest absolute Gasteiger partial charge is 0.306 e. The van der Waals surface area contributed by atoms with Gasteiger partial charge in [-0.05, 0) is 70.6 Å². The van der Waals surface area contributed by atoms with E-state index >= 15 is 0 Å². The van der Waals surface area contributed by atoms with Crippen molar-refractivity contribution in [3.05, 3.63) is 72.9 Å². The van der Waals surface area contributed by atoms with Crippen LogP contribution in [-0.4, -0.2) is 46.9 Å². The van der Waals surface area contributed by atoms with Gasteiger partial charge in [-0.25, -0.2) is 0 Å². The van der Waals surface area contributed by atoms with Gasteiger partial charge in [-0.1, -0.05) is 203 Å². The molecular weight excluding hydrogens is 707 g/mol. The van der Waals surface area contributed by atoms with E-state index in [9.17, 15) is 19.8 Å². The number of unbranched alkanes of at least 4 members (excludes halogenated alkanes) is 21. The minimum Gasteiger partial charge on any atom is -0.462 e. The predicted molar refractivity (Wildman–Crippen MR) is 245 cm³/mol. The van der Waals surface area contributed by atoms with Crippen LogP contribution in [0.5, 0.6) is 0 Å². The molecule has 0 spiro atoms. The molecule has 0 saturated heterocycles. The summed E-state index contributed by atoms with van der Waals surface area (Å²) in [5.74, 6) is -0.538. The van der Waals surface area contributed by atoms with E-state index in [1.807, 2.05) is 0 Å². The predicted octanol–water partition coefficient (Wildman–Crippen LogP) is 13.8. The number of amides is 1. The van der Waals surface area contributed by atoms with Crippen molar-refractivity contribution in [2.24, 2.45) is 0 Å². The van der Waals surface area contributed by atoms with Crippen molar-refractivity contribution in [3.8, 4) is 0 Å². The molecule has 0 fully saturated rings. The number of hydrogen-bond acceptors (Lipinski definition) is 5. The molecule has 3 N–H and O–H groups in total. The molecule has 0 heterocycles. The van der Waals surface area contributed by atoms with Gasteiger partial charge in [-0.15, -0.1) is 0 Å². The third-order valence-electron chi connectivity index (χ3n) is 10.4. The molecule has 0 aromatic carbocycles. The molecule has 3 unspecified atom stereocenters. The Morgan fingerprint density at radius 2 is 0.947 bits per heavy atom. The number of allylic oxidation sites excluding steroid dienone is 12. The first-order valence-electron chi connectivity index (χ1n) is 23.7. The lowest BCUT2D eigenvalue weighted by Gasteiger charge is -2.24. The summed E-state index contributed by atoms with van der Waals surface area (Å²) in [5.41, 5.74) is 0. The molecule has 0 aliphatic rings. The van der Waals surface area contributed by atoms with E-state index in [1.165, 1.54) is 70.6 Å². The van der Waals surface area contributed by atoms with Crippen LogP contribution < -0.4 is 5.32 Å². The molecule has 0 saturated carbocycles. The fourth-order valence-electron chi connectivity index (χ4n) is 6.78. The average Bonchev–Trinajstić information content (AvgIpc) is 3.20. The second kappa shape index (κ2) is 44.4. The molecule has 328 valence electrons. The van der Waals surface area contributed by atoms with E-state index < -0.39 is 18.2 Å². The lowest BCUT2D eigenvalue weighted by molar-refractivity contribution is -0.151. The van der Waals surface area contributed by atoms with Gasteiger partial charge in [-0.2, -0.15) is 0 Å². The van der Waals surface area contributed by atoms with Crippen LogP contribution in [0, 0.1) is 0 Å². The molecular formula is C51H89NO5. The summed E-state index contributed by atoms with van der Waals surface area (Å²) < 4.78 is 5.89. The van der Waals surface area contributed by atoms with Gasteiger partial charge in [-0.3, -0.25) is 9.59 Å². The molecule has 0 aromatic heterocycles. The van der Waals surface area contributed by atoms with Crippen molar-refractivity contribution >= 4 is 11.9 Å². The second-order valence-corrected chi connectivity index (χ2v) is 15.9. The van der Waals surface area contributed by atoms with Gasteiger partial charge < -0.3 is 20.3 Å². The van der Waals surface area contributed by atoms with Crippen molar-refractivity contribution < 1.29 is 24.5 Å². The molecule has 0 radical (unpaired) electrons. The number of carbonyl (C=O) groups excluding carboxylic acids is 2. The number of hydrogen-bond donors (Lipinski definition) is 3. The minimum atomic E-state index is -0.801. The first-order valence-corrected chi connectivity index (χ1v) is 23.7. The Bertz CT molecular complexity index is 1070. The van der Waals surface area contributed by atoms with E-state index in [4.69, 9.17) is 4.74 Å². The highest BCUT2D eigenvalue weighted by molar-refractivity contribution is 5.77. The number of nitrogens with one attached hydrogen (secondary N) is 1. The molecule has 0 rings (SSSR count). The fourth-order valence-corrected chi connectivity index (χ4v) is 6.78. The molecule has 0 aromatic rings. The van der Waals surface area contributed by atoms with E-state index in [2.05, 4.69) is 99.0 Å². The molecule has 3 atom stereocenters. The minimum absolute atomic E-state index is 0.0432. The number of aliphatic hydroxyl groups excluding tert-OH is 2. The van der Waals surface area contributed by atoms with Crippen molar-refractivity contribution in [1.82, 2.24) is 5.32 Å². The Labute approximate surface area is 351 Å². The number of rotatable bonds is 41. The summed E-state index contributed by atoms with van der Waals surface area (Å²) in [6.45, 7) is 6.28. The fraction of sp³-hybridized carbons (Fsp3) is 0.725. The van der Waals surface area contributed by atoms with Gasteiger partial charge in [0.25, 0.3) is 0 Å². The molecule has 0 bridgehead atoms. The molecule has 1 amide bonds. The van der Waals surface area contributed by atoms with Crippen LogP contribution in [-0.2, 0) is 14.3 Å². The van der Waals surface area contributed by atoms with Crippen LogP contribution in [0.3, 0.4) is 0 Å². The van der Waals surface area contributed by atoms with E-state index in [-0.39, 0.29) is 24.9 Å². The van der Waals surface area contributed by atoms with Crippen LogP contribution in [0.25, 0.3) is 0 Å². The largest absolute Gasteiger partial charge is 0.462 e. The van der Waals surface area contributed by atoms with Gasteiger partial charge in [0.15, 0.2) is 0 Å². The van der Waals surface area contributed by atoms with Gasteiger partial charge >= 0.3 is 5.97 Å². The van der Waals surface area contributed by atoms with Crippen molar-refractivity contribution in [2.75, 3.05) is 6.61 Å². The Morgan fingerprint density at radius 1 is 0.526 bits per heavy atom. The van der Waals surface area contributed by atoms with E-state index in [0.717, 1.165) is 96.3 Å². The standard InChI is InChI=1S/C51H89NO5/c1-4-7-10-13-16-19-21-23-24-25-27-28-31-33-36-39-42-47(57-51(56)44-41-38-35-32-29-26-22-20-17-14-11-8-5-2)45-50(55)52-48(46-53)49(54)43-40-37-34-30-18-15-12-9-6-3/h8,11,14,17,20-25,27-28,47-49,53-54H,4-7,9-10,12-13,15-16,18-19,26,29-46H2,1-3H3,(H,52,55)/b11-8+,17-14+,22-20-,23-21+,25-24+,28-27+. The molecule has 6 nitrogen and oxygen atoms in total. The van der Waals surface area contributed by atoms with E-state index in [1.54, 1.807) is 0 Å². The monoisotopic (exact) mass is 796 g/mol. The third kappa shape index (κ3) is 39.9. The zero-order chi connectivity index (χ0) is 41.7. The first kappa shape index (κ1) is 54.3. The summed E-state index contributed by atoms with van der Waals surface area (Å²) >= 11 is 0. The number of carbonyl (C=O) groups is 2. The summed E-state index contributed by atoms with van der Waals surface area (Å²) in [6, 6.07) is -0.718. The normalized spacial score (nSPS) is 14.0. The summed E-state index contributed by atoms with van der Waals surface area (Å²) in [5, 5.41) is 23.6. The highest BCUT2D eigenvalue weighted by atomic mass is 16.5. The summed E-state index contributed by atoms with van der Waals surface area (Å²) in [6.07, 6.45) is 55.3. The number of aliphatic hydroxyl groups is 2. The van der Waals surface area contributed by atoms with Crippen LogP contribution in [0.2, 0.25) is 0 Å². The zero-order valence-electron chi connectivity index (χ0n) is 37.2. The molecule has 0 aliphatic heterocycles. The Hall–Kier alpha value is -2.70. The van der Waals surface area contributed by atoms with Crippen LogP contribution >= 0.6 is 0 Å². The first-order chi connectivity index (χ1) is 28.0. The maximum atomic E-state index is 13.1. The van der Waals surface area contributed by atoms with Gasteiger partial charge in [0, 0.05) is 6.42 Å². The highest BCUT2D eigenvalue weighted by Crippen LogP contribution is 2.17. The zero-order valence-corrected chi connectivity index (χ0v) is 37.2. The lowest BCUT2D eigenvalue weighted by Crippen LogP contribution is -2.46. The van der Waals surface area contributed by atoms with Gasteiger partial charge in [0.05, 0.1) is 25.2 Å². The topological polar surface area (TPSA) is 95.9 Å². The molecule has 57 heavy (non-hydrogen) atoms. The second-order valence-electron chi connectivity index (χ2n) is 15.9. The van der Waals surface area contributed by atoms with Gasteiger partial charge in [0.1, 0.15) is 6.10 Å². The maximum absolute atomic E-state index is 13.1. The van der Waals surface area contributed by atoms with Crippen LogP contribution in [0.4, 0.5) is 0 Å². The quantitative estimate of drug-likeness (QED) is 0.0325. The van der Waals surface area contributed by atoms with Crippen molar-refractivity contribution in [2.45, 2.75) is 232 Å². The van der Waals surface area contributed by atoms with Crippen molar-refractivity contribution in [3.63, 3.8) is 0 Å². The Balaban J connectivity index is 4.73. The SMILES string of the molecule is CC/C=C/C=C/C=C\CCCCCCCC(=O)OC(CCCCC/C=C/C=C/C=C/CCCCCCC)CC(=O)NC(CO)C(O)CCCCCCCCCCC. The Kier molecular flexibility index (Phi) is 42.3. The van der Waals surface area contributed by atoms with Gasteiger partial charge in [0.2, 0.25) is 5.91 Å². The van der Waals surface area contributed by atoms with Crippen LogP contribution in [0.15, 0.2) is 72.9 Å². The third-order valence-corrected chi connectivity index (χ3v) is 10.4. The summed E-state index contributed by atoms with van der Waals surface area (Å²) in [7, 11) is 0. The number of esters is 1. The number of ether oxygens (including phenoxy) is 1. The molecule has 6 heteroatoms. The van der Waals surface area contributed by atoms with E-state index in [0.29, 0.717) is 19.3 Å². The van der Waals surface area contributed by atoms with Crippen molar-refractivity contribution in [1.29, 1.82) is 0 Å². The molecule has 0 aliphatic carbocycles. The Morgan fingerprint density at radius 3 is 1.44 bits per heavy atom. The lowest BCUT2D eigenvalue weighted by atomic mass is 10.0. The average molecular weight is 796 g/mol. The highest BCUT2D eigenvalue weighted by Gasteiger charge is 2.24. The summed E-state index contributed by atoms with van der Waals surface area (Å²) in [4.78, 5) is 26.0. The van der Waals surface area contributed by atoms with Crippen LogP contribution in [0.1, 0.15) is 213 Å².